The normalized spacial score (nSPS) is 14.0. The van der Waals surface area contributed by atoms with Crippen molar-refractivity contribution in [2.45, 2.75) is 51.6 Å². The summed E-state index contributed by atoms with van der Waals surface area (Å²) >= 11 is 0. The number of hydrogen-bond donors (Lipinski definition) is 0. The van der Waals surface area contributed by atoms with Gasteiger partial charge in [0.2, 0.25) is 5.82 Å². The molecule has 0 amide bonds. The Kier molecular flexibility index (Phi) is 6.21. The van der Waals surface area contributed by atoms with Crippen molar-refractivity contribution in [3.8, 4) is 0 Å². The fourth-order valence-electron chi connectivity index (χ4n) is 1.99. The van der Waals surface area contributed by atoms with E-state index < -0.39 is 54.4 Å². The number of carbonyl (C=O) groups excluding carboxylic acids is 1. The first kappa shape index (κ1) is 21.3. The van der Waals surface area contributed by atoms with Crippen LogP contribution in [-0.4, -0.2) is 19.8 Å². The van der Waals surface area contributed by atoms with Gasteiger partial charge in [0.05, 0.1) is 0 Å². The van der Waals surface area contributed by atoms with Gasteiger partial charge in [-0.1, -0.05) is 46.0 Å². The Balaban J connectivity index is 3.38. The summed E-state index contributed by atoms with van der Waals surface area (Å²) in [6.07, 6.45) is 3.17. The van der Waals surface area contributed by atoms with E-state index in [9.17, 15) is 26.7 Å². The molecule has 0 aliphatic heterocycles. The highest BCUT2D eigenvalue weighted by atomic mass is 28.3. The van der Waals surface area contributed by atoms with Gasteiger partial charge in [-0.2, -0.15) is 0 Å². The number of allylic oxidation sites excluding steroid dienone is 1. The molecule has 0 aromatic heterocycles. The molecule has 0 bridgehead atoms. The van der Waals surface area contributed by atoms with E-state index in [1.54, 1.807) is 19.1 Å². The Morgan fingerprint density at radius 3 is 1.72 bits per heavy atom. The molecule has 0 saturated heterocycles. The molecule has 0 spiro atoms. The minimum absolute atomic E-state index is 0.256. The van der Waals surface area contributed by atoms with Crippen molar-refractivity contribution in [2.75, 3.05) is 0 Å². The minimum Gasteiger partial charge on any atom is -0.458 e. The second-order valence-electron chi connectivity index (χ2n) is 7.27. The topological polar surface area (TPSA) is 26.3 Å². The van der Waals surface area contributed by atoms with E-state index in [1.165, 1.54) is 0 Å². The van der Waals surface area contributed by atoms with Gasteiger partial charge in [-0.25, -0.2) is 26.7 Å². The van der Waals surface area contributed by atoms with Crippen molar-refractivity contribution in [1.82, 2.24) is 0 Å². The maximum absolute atomic E-state index is 13.8. The van der Waals surface area contributed by atoms with Crippen LogP contribution in [0.1, 0.15) is 38.1 Å². The molecule has 1 unspecified atom stereocenters. The summed E-state index contributed by atoms with van der Waals surface area (Å²) < 4.78 is 72.5. The Hall–Kier alpha value is -1.70. The number of ether oxygens (including phenoxy) is 1. The summed E-state index contributed by atoms with van der Waals surface area (Å²) in [6.45, 7) is 11.3. The van der Waals surface area contributed by atoms with Gasteiger partial charge in [0.1, 0.15) is 19.4 Å². The third-order valence-corrected chi connectivity index (χ3v) is 10.3. The fraction of sp³-hybridized carbons (Fsp3) is 0.471. The summed E-state index contributed by atoms with van der Waals surface area (Å²) in [7, 11) is -2.36. The van der Waals surface area contributed by atoms with Crippen LogP contribution < -0.4 is 0 Å². The van der Waals surface area contributed by atoms with Crippen LogP contribution >= 0.6 is 0 Å². The molecule has 1 rings (SSSR count). The van der Waals surface area contributed by atoms with Crippen molar-refractivity contribution in [3.05, 3.63) is 46.8 Å². The Morgan fingerprint density at radius 2 is 1.36 bits per heavy atom. The van der Waals surface area contributed by atoms with E-state index in [0.717, 1.165) is 0 Å². The van der Waals surface area contributed by atoms with Crippen LogP contribution in [0.25, 0.3) is 0 Å². The van der Waals surface area contributed by atoms with Crippen molar-refractivity contribution >= 4 is 14.0 Å². The molecular weight excluding hydrogens is 359 g/mol. The van der Waals surface area contributed by atoms with Crippen LogP contribution in [-0.2, 0) is 4.74 Å². The van der Waals surface area contributed by atoms with Crippen molar-refractivity contribution in [1.29, 1.82) is 0 Å². The smallest absolute Gasteiger partial charge is 0.344 e. The maximum atomic E-state index is 13.8. The fourth-order valence-corrected chi connectivity index (χ4v) is 3.92. The summed E-state index contributed by atoms with van der Waals surface area (Å²) in [5.41, 5.74) is -2.38. The average Bonchev–Trinajstić information content (AvgIpc) is 2.49. The van der Waals surface area contributed by atoms with E-state index in [2.05, 4.69) is 0 Å². The Bertz CT molecular complexity index is 679. The van der Waals surface area contributed by atoms with Gasteiger partial charge >= 0.3 is 5.97 Å². The van der Waals surface area contributed by atoms with Crippen LogP contribution in [0.4, 0.5) is 22.0 Å². The highest BCUT2D eigenvalue weighted by Gasteiger charge is 2.44. The van der Waals surface area contributed by atoms with Crippen molar-refractivity contribution < 1.29 is 31.5 Å². The molecule has 2 nitrogen and oxygen atoms in total. The number of benzene rings is 1. The van der Waals surface area contributed by atoms with E-state index in [-0.39, 0.29) is 5.04 Å². The lowest BCUT2D eigenvalue weighted by Gasteiger charge is -2.41. The van der Waals surface area contributed by atoms with E-state index in [1.807, 2.05) is 33.9 Å². The number of esters is 1. The zero-order chi connectivity index (χ0) is 19.7. The second kappa shape index (κ2) is 7.27. The predicted octanol–water partition coefficient (Wildman–Crippen LogP) is 5.53. The maximum Gasteiger partial charge on any atom is 0.344 e. The van der Waals surface area contributed by atoms with Crippen molar-refractivity contribution in [3.63, 3.8) is 0 Å². The van der Waals surface area contributed by atoms with Gasteiger partial charge in [-0.05, 0) is 12.0 Å². The highest BCUT2D eigenvalue weighted by molar-refractivity contribution is 6.81. The predicted molar refractivity (Wildman–Crippen MR) is 87.4 cm³/mol. The zero-order valence-corrected chi connectivity index (χ0v) is 15.9. The summed E-state index contributed by atoms with van der Waals surface area (Å²) in [4.78, 5) is 12.2. The van der Waals surface area contributed by atoms with Gasteiger partial charge in [-0.15, -0.1) is 0 Å². The lowest BCUT2D eigenvalue weighted by Crippen LogP contribution is -2.50. The molecule has 0 radical (unpaired) electrons. The number of halogens is 5. The van der Waals surface area contributed by atoms with Crippen LogP contribution in [0.2, 0.25) is 18.1 Å². The Morgan fingerprint density at radius 1 is 0.960 bits per heavy atom. The minimum atomic E-state index is -2.36. The molecule has 0 heterocycles. The average molecular weight is 380 g/mol. The highest BCUT2D eigenvalue weighted by Crippen LogP contribution is 2.40. The number of rotatable bonds is 4. The van der Waals surface area contributed by atoms with Crippen molar-refractivity contribution in [2.24, 2.45) is 0 Å². The van der Waals surface area contributed by atoms with Gasteiger partial charge in [0.15, 0.2) is 23.3 Å². The van der Waals surface area contributed by atoms with Gasteiger partial charge < -0.3 is 4.74 Å². The molecule has 1 aromatic rings. The molecule has 0 fully saturated rings. The second-order valence-corrected chi connectivity index (χ2v) is 12.8. The van der Waals surface area contributed by atoms with Gasteiger partial charge in [-0.3, -0.25) is 0 Å². The molecular formula is C17H21F5O2Si. The van der Waals surface area contributed by atoms with Crippen LogP contribution in [0.5, 0.6) is 0 Å². The van der Waals surface area contributed by atoms with E-state index in [0.29, 0.717) is 0 Å². The first-order valence-corrected chi connectivity index (χ1v) is 10.7. The molecule has 0 saturated carbocycles. The molecule has 25 heavy (non-hydrogen) atoms. The van der Waals surface area contributed by atoms with Gasteiger partial charge in [0.25, 0.3) is 0 Å². The third-order valence-electron chi connectivity index (χ3n) is 4.66. The van der Waals surface area contributed by atoms with E-state index >= 15 is 0 Å². The Labute approximate surface area is 144 Å². The number of carbonyl (C=O) groups is 1. The van der Waals surface area contributed by atoms with Crippen LogP contribution in [0.3, 0.4) is 0 Å². The largest absolute Gasteiger partial charge is 0.458 e. The third kappa shape index (κ3) is 3.94. The first-order chi connectivity index (χ1) is 11.3. The quantitative estimate of drug-likeness (QED) is 0.171. The standard InChI is InChI=1S/C17H21F5O2Si/c1-7-8-9(25(5,6)17(2,3)4)24-16(23)10-11(18)13(20)15(22)14(21)12(10)19/h7-9H,1-6H3/b8-7-. The van der Waals surface area contributed by atoms with Gasteiger partial charge in [0, 0.05) is 0 Å². The molecule has 0 aliphatic rings. The number of hydrogen-bond acceptors (Lipinski definition) is 2. The lowest BCUT2D eigenvalue weighted by molar-refractivity contribution is 0.0469. The van der Waals surface area contributed by atoms with Crippen LogP contribution in [0.15, 0.2) is 12.2 Å². The molecule has 1 atom stereocenters. The molecule has 140 valence electrons. The summed E-state index contributed by atoms with van der Waals surface area (Å²) in [5.74, 6) is -12.7. The zero-order valence-electron chi connectivity index (χ0n) is 14.9. The monoisotopic (exact) mass is 380 g/mol. The lowest BCUT2D eigenvalue weighted by atomic mass is 10.1. The molecule has 0 N–H and O–H groups in total. The molecule has 8 heteroatoms. The molecule has 0 aliphatic carbocycles. The SMILES string of the molecule is C/C=C\C(OC(=O)c1c(F)c(F)c(F)c(F)c1F)[Si](C)(C)C(C)(C)C. The summed E-state index contributed by atoms with van der Waals surface area (Å²) in [5, 5.41) is -0.256. The van der Waals surface area contributed by atoms with Crippen LogP contribution in [0, 0.1) is 29.1 Å². The first-order valence-electron chi connectivity index (χ1n) is 7.62. The summed E-state index contributed by atoms with van der Waals surface area (Å²) in [6, 6.07) is 0. The molecule has 1 aromatic carbocycles. The van der Waals surface area contributed by atoms with E-state index in [4.69, 9.17) is 4.74 Å².